The third-order valence-corrected chi connectivity index (χ3v) is 7.45. The molecule has 33 heavy (non-hydrogen) atoms. The van der Waals surface area contributed by atoms with E-state index >= 15 is 0 Å². The van der Waals surface area contributed by atoms with Gasteiger partial charge in [0, 0.05) is 22.4 Å². The lowest BCUT2D eigenvalue weighted by Crippen LogP contribution is -2.42. The minimum absolute atomic E-state index is 0.158. The smallest absolute Gasteiger partial charge is 0.322 e. The average molecular weight is 467 g/mol. The second-order valence-corrected chi connectivity index (χ2v) is 9.20. The van der Waals surface area contributed by atoms with E-state index in [2.05, 4.69) is 19.2 Å². The Morgan fingerprint density at radius 2 is 1.76 bits per heavy atom. The number of hydrogen-bond donors (Lipinski definition) is 1. The minimum atomic E-state index is -0.159. The van der Waals surface area contributed by atoms with Crippen LogP contribution in [-0.4, -0.2) is 38.8 Å². The Morgan fingerprint density at radius 3 is 2.39 bits per heavy atom. The molecular weight excluding hydrogens is 436 g/mol. The molecule has 1 atom stereocenters. The van der Waals surface area contributed by atoms with Gasteiger partial charge in [0.2, 0.25) is 0 Å². The molecule has 0 spiro atoms. The van der Waals surface area contributed by atoms with Crippen LogP contribution >= 0.6 is 11.3 Å². The Kier molecular flexibility index (Phi) is 6.79. The molecule has 2 aromatic carbocycles. The van der Waals surface area contributed by atoms with Gasteiger partial charge in [0.05, 0.1) is 33.1 Å². The van der Waals surface area contributed by atoms with Gasteiger partial charge in [0.15, 0.2) is 0 Å². The number of nitrogens with zero attached hydrogens (tertiary/aromatic N) is 1. The van der Waals surface area contributed by atoms with Crippen LogP contribution in [0.15, 0.2) is 42.5 Å². The highest BCUT2D eigenvalue weighted by atomic mass is 32.1. The first-order chi connectivity index (χ1) is 16.0. The van der Waals surface area contributed by atoms with E-state index in [4.69, 9.17) is 14.2 Å². The third kappa shape index (κ3) is 4.37. The van der Waals surface area contributed by atoms with E-state index < -0.39 is 0 Å². The number of thiophene rings is 1. The van der Waals surface area contributed by atoms with E-state index in [0.29, 0.717) is 23.7 Å². The van der Waals surface area contributed by atoms with Gasteiger partial charge in [-0.25, -0.2) is 4.79 Å². The molecule has 174 valence electrons. The van der Waals surface area contributed by atoms with Crippen LogP contribution in [0.25, 0.3) is 0 Å². The number of amides is 2. The molecule has 6 nitrogen and oxygen atoms in total. The standard InChI is InChI=1S/C26H30N2O4S/c1-6-20-16(2)33-25-21(20)13-14-28(24(25)17-7-9-18(30-3)10-8-17)26(29)27-22-12-11-19(31-4)15-23(22)32-5/h7-12,15,24H,6,13-14H2,1-5H3,(H,27,29). The van der Waals surface area contributed by atoms with Crippen molar-refractivity contribution in [1.29, 1.82) is 0 Å². The van der Waals surface area contributed by atoms with Gasteiger partial charge < -0.3 is 24.4 Å². The predicted octanol–water partition coefficient (Wildman–Crippen LogP) is 5.82. The van der Waals surface area contributed by atoms with Crippen molar-refractivity contribution < 1.29 is 19.0 Å². The summed E-state index contributed by atoms with van der Waals surface area (Å²) in [6.45, 7) is 5.02. The van der Waals surface area contributed by atoms with Gasteiger partial charge >= 0.3 is 6.03 Å². The number of ether oxygens (including phenoxy) is 3. The number of benzene rings is 2. The number of urea groups is 1. The van der Waals surface area contributed by atoms with Crippen LogP contribution in [0.2, 0.25) is 0 Å². The van der Waals surface area contributed by atoms with Crippen LogP contribution < -0.4 is 19.5 Å². The topological polar surface area (TPSA) is 60.0 Å². The van der Waals surface area contributed by atoms with Crippen molar-refractivity contribution in [3.8, 4) is 17.2 Å². The van der Waals surface area contributed by atoms with Crippen molar-refractivity contribution >= 4 is 23.1 Å². The highest BCUT2D eigenvalue weighted by Crippen LogP contribution is 2.43. The Hall–Kier alpha value is -3.19. The fourth-order valence-electron chi connectivity index (χ4n) is 4.53. The van der Waals surface area contributed by atoms with Crippen LogP contribution in [-0.2, 0) is 12.8 Å². The first-order valence-corrected chi connectivity index (χ1v) is 11.9. The van der Waals surface area contributed by atoms with Gasteiger partial charge in [0.25, 0.3) is 0 Å². The molecular formula is C26H30N2O4S. The molecule has 7 heteroatoms. The molecule has 2 amide bonds. The highest BCUT2D eigenvalue weighted by Gasteiger charge is 2.35. The predicted molar refractivity (Wildman–Crippen MR) is 132 cm³/mol. The van der Waals surface area contributed by atoms with Crippen molar-refractivity contribution in [2.75, 3.05) is 33.2 Å². The Bertz CT molecular complexity index is 1140. The van der Waals surface area contributed by atoms with Crippen molar-refractivity contribution in [3.63, 3.8) is 0 Å². The summed E-state index contributed by atoms with van der Waals surface area (Å²) >= 11 is 1.80. The normalized spacial score (nSPS) is 15.1. The van der Waals surface area contributed by atoms with Crippen molar-refractivity contribution in [3.05, 3.63) is 68.9 Å². The molecule has 1 aliphatic rings. The van der Waals surface area contributed by atoms with E-state index in [9.17, 15) is 4.79 Å². The minimum Gasteiger partial charge on any atom is -0.497 e. The van der Waals surface area contributed by atoms with Gasteiger partial charge in [-0.05, 0) is 60.7 Å². The number of methoxy groups -OCH3 is 3. The largest absolute Gasteiger partial charge is 0.497 e. The Balaban J connectivity index is 1.72. The molecule has 1 aliphatic heterocycles. The third-order valence-electron chi connectivity index (χ3n) is 6.21. The number of hydrogen-bond acceptors (Lipinski definition) is 5. The average Bonchev–Trinajstić information content (AvgIpc) is 3.18. The molecule has 0 fully saturated rings. The quantitative estimate of drug-likeness (QED) is 0.497. The fraction of sp³-hybridized carbons (Fsp3) is 0.346. The van der Waals surface area contributed by atoms with Gasteiger partial charge in [-0.3, -0.25) is 0 Å². The van der Waals surface area contributed by atoms with E-state index in [-0.39, 0.29) is 12.1 Å². The lowest BCUT2D eigenvalue weighted by Gasteiger charge is -2.36. The molecule has 0 bridgehead atoms. The first kappa shape index (κ1) is 23.0. The molecule has 0 saturated carbocycles. The van der Waals surface area contributed by atoms with Crippen LogP contribution in [0, 0.1) is 6.92 Å². The zero-order valence-corrected chi connectivity index (χ0v) is 20.5. The number of carbonyl (C=O) groups is 1. The second kappa shape index (κ2) is 9.75. The van der Waals surface area contributed by atoms with Crippen LogP contribution in [0.1, 0.15) is 39.4 Å². The SMILES string of the molecule is CCc1c(C)sc2c1CCN(C(=O)Nc1ccc(OC)cc1OC)C2c1ccc(OC)cc1. The molecule has 2 heterocycles. The molecule has 4 rings (SSSR count). The van der Waals surface area contributed by atoms with Gasteiger partial charge in [-0.15, -0.1) is 11.3 Å². The summed E-state index contributed by atoms with van der Waals surface area (Å²) < 4.78 is 16.1. The lowest BCUT2D eigenvalue weighted by atomic mass is 9.92. The molecule has 3 aromatic rings. The molecule has 0 radical (unpaired) electrons. The maximum absolute atomic E-state index is 13.6. The molecule has 0 saturated heterocycles. The van der Waals surface area contributed by atoms with Gasteiger partial charge in [-0.1, -0.05) is 19.1 Å². The summed E-state index contributed by atoms with van der Waals surface area (Å²) in [5.41, 5.74) is 4.49. The molecule has 1 N–H and O–H groups in total. The van der Waals surface area contributed by atoms with Gasteiger partial charge in [0.1, 0.15) is 17.2 Å². The number of anilines is 1. The summed E-state index contributed by atoms with van der Waals surface area (Å²) in [5, 5.41) is 3.06. The zero-order chi connectivity index (χ0) is 23.5. The summed E-state index contributed by atoms with van der Waals surface area (Å²) in [5.74, 6) is 2.02. The summed E-state index contributed by atoms with van der Waals surface area (Å²) in [4.78, 5) is 18.1. The van der Waals surface area contributed by atoms with E-state index in [1.165, 1.54) is 20.9 Å². The highest BCUT2D eigenvalue weighted by molar-refractivity contribution is 7.12. The van der Waals surface area contributed by atoms with Crippen LogP contribution in [0.5, 0.6) is 17.2 Å². The van der Waals surface area contributed by atoms with E-state index in [0.717, 1.165) is 24.2 Å². The van der Waals surface area contributed by atoms with E-state index in [1.807, 2.05) is 35.2 Å². The first-order valence-electron chi connectivity index (χ1n) is 11.0. The monoisotopic (exact) mass is 466 g/mol. The lowest BCUT2D eigenvalue weighted by molar-refractivity contribution is 0.195. The van der Waals surface area contributed by atoms with Crippen LogP contribution in [0.4, 0.5) is 10.5 Å². The number of nitrogens with one attached hydrogen (secondary N) is 1. The number of rotatable bonds is 6. The van der Waals surface area contributed by atoms with Crippen molar-refractivity contribution in [2.24, 2.45) is 0 Å². The van der Waals surface area contributed by atoms with Crippen molar-refractivity contribution in [1.82, 2.24) is 4.90 Å². The summed E-state index contributed by atoms with van der Waals surface area (Å²) in [6, 6.07) is 13.1. The summed E-state index contributed by atoms with van der Waals surface area (Å²) in [6.07, 6.45) is 1.85. The van der Waals surface area contributed by atoms with Crippen molar-refractivity contribution in [2.45, 2.75) is 32.7 Å². The molecule has 1 aromatic heterocycles. The van der Waals surface area contributed by atoms with Crippen LogP contribution in [0.3, 0.4) is 0 Å². The maximum Gasteiger partial charge on any atom is 0.322 e. The second-order valence-electron chi connectivity index (χ2n) is 7.95. The number of fused-ring (bicyclic) bond motifs is 1. The van der Waals surface area contributed by atoms with Gasteiger partial charge in [-0.2, -0.15) is 0 Å². The number of carbonyl (C=O) groups excluding carboxylic acids is 1. The summed E-state index contributed by atoms with van der Waals surface area (Å²) in [7, 11) is 4.84. The Labute approximate surface area is 199 Å². The molecule has 0 aliphatic carbocycles. The molecule has 1 unspecified atom stereocenters. The zero-order valence-electron chi connectivity index (χ0n) is 19.7. The maximum atomic E-state index is 13.6. The fourth-order valence-corrected chi connectivity index (χ4v) is 5.98. The van der Waals surface area contributed by atoms with E-state index in [1.54, 1.807) is 44.8 Å². The number of aryl methyl sites for hydroxylation is 1. The Morgan fingerprint density at radius 1 is 1.06 bits per heavy atom.